The Kier molecular flexibility index (Phi) is 6.50. The number of rotatable bonds is 5. The maximum atomic E-state index is 12.0. The molecule has 2 unspecified atom stereocenters. The number of hydrogen-bond donors (Lipinski definition) is 3. The molecule has 0 radical (unpaired) electrons. The van der Waals surface area contributed by atoms with Crippen LogP contribution in [0.25, 0.3) is 0 Å². The van der Waals surface area contributed by atoms with Gasteiger partial charge in [-0.05, 0) is 37.6 Å². The van der Waals surface area contributed by atoms with E-state index in [1.165, 1.54) is 31.4 Å². The van der Waals surface area contributed by atoms with E-state index in [9.17, 15) is 4.79 Å². The molecule has 2 aliphatic heterocycles. The van der Waals surface area contributed by atoms with E-state index in [4.69, 9.17) is 0 Å². The average Bonchev–Trinajstić information content (AvgIpc) is 2.68. The first-order valence-corrected chi connectivity index (χ1v) is 9.78. The van der Waals surface area contributed by atoms with Gasteiger partial charge in [-0.1, -0.05) is 31.5 Å². The Morgan fingerprint density at radius 2 is 2.08 bits per heavy atom. The molecule has 0 aromatic heterocycles. The van der Waals surface area contributed by atoms with Crippen LogP contribution in [0.15, 0.2) is 29.3 Å². The van der Waals surface area contributed by atoms with Crippen LogP contribution >= 0.6 is 0 Å². The zero-order valence-corrected chi connectivity index (χ0v) is 15.9. The van der Waals surface area contributed by atoms with Gasteiger partial charge in [-0.15, -0.1) is 0 Å². The molecule has 2 atom stereocenters. The lowest BCUT2D eigenvalue weighted by Gasteiger charge is -2.35. The molecule has 0 spiro atoms. The number of benzene rings is 1. The zero-order chi connectivity index (χ0) is 18.4. The summed E-state index contributed by atoms with van der Waals surface area (Å²) in [5.74, 6) is 1.06. The van der Waals surface area contributed by atoms with Gasteiger partial charge in [0.2, 0.25) is 5.91 Å². The van der Waals surface area contributed by atoms with Gasteiger partial charge in [0, 0.05) is 44.2 Å². The smallest absolute Gasteiger partial charge is 0.225 e. The van der Waals surface area contributed by atoms with Crippen LogP contribution in [-0.4, -0.2) is 56.0 Å². The topological polar surface area (TPSA) is 68.8 Å². The van der Waals surface area contributed by atoms with E-state index in [2.05, 4.69) is 38.8 Å². The van der Waals surface area contributed by atoms with Gasteiger partial charge < -0.3 is 16.0 Å². The highest BCUT2D eigenvalue weighted by Gasteiger charge is 2.25. The van der Waals surface area contributed by atoms with Gasteiger partial charge >= 0.3 is 0 Å². The predicted octanol–water partition coefficient (Wildman–Crippen LogP) is 2.15. The van der Waals surface area contributed by atoms with E-state index in [1.54, 1.807) is 7.05 Å². The summed E-state index contributed by atoms with van der Waals surface area (Å²) in [4.78, 5) is 18.9. The summed E-state index contributed by atoms with van der Waals surface area (Å²) in [7, 11) is 1.80. The van der Waals surface area contributed by atoms with E-state index in [0.29, 0.717) is 19.0 Å². The highest BCUT2D eigenvalue weighted by atomic mass is 16.1. The summed E-state index contributed by atoms with van der Waals surface area (Å²) >= 11 is 0. The van der Waals surface area contributed by atoms with Crippen LogP contribution in [0.5, 0.6) is 0 Å². The lowest BCUT2D eigenvalue weighted by Crippen LogP contribution is -2.49. The van der Waals surface area contributed by atoms with Crippen LogP contribution < -0.4 is 16.0 Å². The molecule has 3 rings (SSSR count). The molecule has 0 saturated carbocycles. The van der Waals surface area contributed by atoms with Crippen molar-refractivity contribution in [3.63, 3.8) is 0 Å². The fraction of sp³-hybridized carbons (Fsp3) is 0.600. The van der Waals surface area contributed by atoms with Crippen molar-refractivity contribution in [2.24, 2.45) is 4.99 Å². The summed E-state index contributed by atoms with van der Waals surface area (Å²) in [6.45, 7) is 6.15. The number of likely N-dealkylation sites (tertiary alicyclic amines) is 1. The lowest BCUT2D eigenvalue weighted by atomic mass is 9.90. The van der Waals surface area contributed by atoms with Crippen molar-refractivity contribution < 1.29 is 4.79 Å². The minimum atomic E-state index is 0.0826. The van der Waals surface area contributed by atoms with Crippen molar-refractivity contribution in [1.29, 1.82) is 0 Å². The maximum Gasteiger partial charge on any atom is 0.225 e. The highest BCUT2D eigenvalue weighted by molar-refractivity contribution is 5.94. The molecule has 2 aliphatic rings. The van der Waals surface area contributed by atoms with Crippen LogP contribution in [-0.2, 0) is 4.79 Å². The first-order chi connectivity index (χ1) is 12.7. The number of likely N-dealkylation sites (N-methyl/N-ethyl adjacent to an activating group) is 1. The Bertz CT molecular complexity index is 645. The third-order valence-electron chi connectivity index (χ3n) is 5.51. The minimum Gasteiger partial charge on any atom is -0.356 e. The van der Waals surface area contributed by atoms with E-state index in [1.807, 2.05) is 18.2 Å². The first-order valence-electron chi connectivity index (χ1n) is 9.78. The number of hydrogen-bond acceptors (Lipinski definition) is 3. The van der Waals surface area contributed by atoms with Crippen molar-refractivity contribution in [2.45, 2.75) is 44.6 Å². The molecular weight excluding hydrogens is 326 g/mol. The van der Waals surface area contributed by atoms with E-state index < -0.39 is 0 Å². The highest BCUT2D eigenvalue weighted by Crippen LogP contribution is 2.31. The summed E-state index contributed by atoms with van der Waals surface area (Å²) in [5, 5.41) is 9.84. The fourth-order valence-electron chi connectivity index (χ4n) is 4.05. The Hall–Kier alpha value is -2.08. The van der Waals surface area contributed by atoms with Crippen LogP contribution in [0.3, 0.4) is 0 Å². The van der Waals surface area contributed by atoms with Crippen LogP contribution in [0, 0.1) is 0 Å². The normalized spacial score (nSPS) is 23.9. The first kappa shape index (κ1) is 18.7. The Balaban J connectivity index is 1.54. The molecule has 2 heterocycles. The minimum absolute atomic E-state index is 0.0826. The van der Waals surface area contributed by atoms with Crippen LogP contribution in [0.2, 0.25) is 0 Å². The maximum absolute atomic E-state index is 12.0. The quantitative estimate of drug-likeness (QED) is 0.558. The van der Waals surface area contributed by atoms with Gasteiger partial charge in [0.1, 0.15) is 0 Å². The number of carbonyl (C=O) groups is 1. The molecule has 0 bridgehead atoms. The summed E-state index contributed by atoms with van der Waals surface area (Å²) in [6, 6.07) is 8.62. The van der Waals surface area contributed by atoms with E-state index >= 15 is 0 Å². The number of guanidine groups is 1. The van der Waals surface area contributed by atoms with Crippen molar-refractivity contribution >= 4 is 17.6 Å². The molecule has 142 valence electrons. The summed E-state index contributed by atoms with van der Waals surface area (Å²) in [5.41, 5.74) is 2.12. The third-order valence-corrected chi connectivity index (χ3v) is 5.51. The van der Waals surface area contributed by atoms with Crippen molar-refractivity contribution in [3.05, 3.63) is 29.8 Å². The molecule has 1 aromatic carbocycles. The predicted molar refractivity (Wildman–Crippen MR) is 107 cm³/mol. The van der Waals surface area contributed by atoms with Crippen molar-refractivity contribution in [1.82, 2.24) is 15.5 Å². The van der Waals surface area contributed by atoms with Crippen LogP contribution in [0.4, 0.5) is 5.69 Å². The molecule has 0 aliphatic carbocycles. The second kappa shape index (κ2) is 9.03. The second-order valence-corrected chi connectivity index (χ2v) is 7.15. The SMILES string of the molecule is CCN1CCCCC1CNC(=NC)NCC1CC(=O)Nc2ccccc21. The number of amides is 1. The summed E-state index contributed by atoms with van der Waals surface area (Å²) in [6.07, 6.45) is 4.37. The Morgan fingerprint density at radius 1 is 1.27 bits per heavy atom. The zero-order valence-electron chi connectivity index (χ0n) is 15.9. The van der Waals surface area contributed by atoms with Gasteiger partial charge in [0.25, 0.3) is 0 Å². The van der Waals surface area contributed by atoms with Gasteiger partial charge in [0.15, 0.2) is 5.96 Å². The standard InChI is InChI=1S/C20H31N5O/c1-3-25-11-7-6-8-16(25)14-23-20(21-2)22-13-15-12-19(26)24-18-10-5-4-9-17(15)18/h4-5,9-10,15-16H,3,6-8,11-14H2,1-2H3,(H,24,26)(H2,21,22,23). The lowest BCUT2D eigenvalue weighted by molar-refractivity contribution is -0.116. The Morgan fingerprint density at radius 3 is 2.88 bits per heavy atom. The molecule has 1 fully saturated rings. The summed E-state index contributed by atoms with van der Waals surface area (Å²) < 4.78 is 0. The molecule has 1 amide bonds. The van der Waals surface area contributed by atoms with Gasteiger partial charge in [-0.25, -0.2) is 0 Å². The van der Waals surface area contributed by atoms with Crippen molar-refractivity contribution in [2.75, 3.05) is 38.5 Å². The molecule has 3 N–H and O–H groups in total. The molecule has 26 heavy (non-hydrogen) atoms. The second-order valence-electron chi connectivity index (χ2n) is 7.15. The third kappa shape index (κ3) is 4.55. The largest absolute Gasteiger partial charge is 0.356 e. The number of piperidine rings is 1. The van der Waals surface area contributed by atoms with Gasteiger partial charge in [-0.2, -0.15) is 0 Å². The van der Waals surface area contributed by atoms with E-state index in [0.717, 1.165) is 24.7 Å². The van der Waals surface area contributed by atoms with Gasteiger partial charge in [0.05, 0.1) is 0 Å². The number of fused-ring (bicyclic) bond motifs is 1. The number of aliphatic imine (C=N–C) groups is 1. The molecule has 1 aromatic rings. The number of para-hydroxylation sites is 1. The van der Waals surface area contributed by atoms with Crippen molar-refractivity contribution in [3.8, 4) is 0 Å². The van der Waals surface area contributed by atoms with E-state index in [-0.39, 0.29) is 11.8 Å². The molecule has 6 heteroatoms. The van der Waals surface area contributed by atoms with Crippen LogP contribution in [0.1, 0.15) is 44.1 Å². The molecule has 1 saturated heterocycles. The number of anilines is 1. The Labute approximate surface area is 156 Å². The average molecular weight is 358 g/mol. The fourth-order valence-corrected chi connectivity index (χ4v) is 4.05. The van der Waals surface area contributed by atoms with Gasteiger partial charge in [-0.3, -0.25) is 14.7 Å². The monoisotopic (exact) mass is 357 g/mol. The number of carbonyl (C=O) groups excluding carboxylic acids is 1. The number of nitrogens with one attached hydrogen (secondary N) is 3. The number of nitrogens with zero attached hydrogens (tertiary/aromatic N) is 2. The molecular formula is C20H31N5O. The molecule has 6 nitrogen and oxygen atoms in total.